The number of aromatic nitrogens is 4. The van der Waals surface area contributed by atoms with E-state index in [1.165, 1.54) is 12.4 Å². The van der Waals surface area contributed by atoms with Crippen LogP contribution in [0, 0.1) is 17.0 Å². The van der Waals surface area contributed by atoms with Crippen LogP contribution in [0.1, 0.15) is 16.2 Å². The molecule has 0 radical (unpaired) electrons. The fourth-order valence-corrected chi connectivity index (χ4v) is 1.33. The number of carbonyl (C=O) groups is 1. The number of aryl methyl sites for hydroxylation is 1. The molecule has 2 aromatic heterocycles. The van der Waals surface area contributed by atoms with E-state index in [-0.39, 0.29) is 5.82 Å². The summed E-state index contributed by atoms with van der Waals surface area (Å²) in [6.45, 7) is 1.71. The Morgan fingerprint density at radius 3 is 2.72 bits per heavy atom. The maximum atomic E-state index is 10.8. The Bertz CT molecular complexity index is 604. The van der Waals surface area contributed by atoms with Gasteiger partial charge in [-0.05, 0) is 6.92 Å². The topological polar surface area (TPSA) is 124 Å². The Morgan fingerprint density at radius 1 is 1.50 bits per heavy atom. The second kappa shape index (κ2) is 4.20. The van der Waals surface area contributed by atoms with Crippen molar-refractivity contribution in [3.8, 4) is 5.82 Å². The van der Waals surface area contributed by atoms with Crippen LogP contribution in [0.25, 0.3) is 5.82 Å². The molecule has 18 heavy (non-hydrogen) atoms. The van der Waals surface area contributed by atoms with Crippen molar-refractivity contribution in [1.82, 2.24) is 19.7 Å². The summed E-state index contributed by atoms with van der Waals surface area (Å²) in [5.74, 6) is -1.20. The maximum Gasteiger partial charge on any atom is 0.363 e. The zero-order valence-electron chi connectivity index (χ0n) is 9.14. The molecule has 0 aliphatic rings. The van der Waals surface area contributed by atoms with Crippen molar-refractivity contribution in [2.24, 2.45) is 0 Å². The van der Waals surface area contributed by atoms with Gasteiger partial charge in [0.1, 0.15) is 12.5 Å². The van der Waals surface area contributed by atoms with E-state index in [4.69, 9.17) is 5.11 Å². The van der Waals surface area contributed by atoms with E-state index in [0.29, 0.717) is 5.69 Å². The minimum atomic E-state index is -1.47. The zero-order valence-corrected chi connectivity index (χ0v) is 9.14. The van der Waals surface area contributed by atoms with E-state index in [1.54, 1.807) is 6.92 Å². The summed E-state index contributed by atoms with van der Waals surface area (Å²) in [6, 6.07) is 1.53. The average molecular weight is 249 g/mol. The van der Waals surface area contributed by atoms with E-state index in [0.717, 1.165) is 10.9 Å². The van der Waals surface area contributed by atoms with E-state index in [9.17, 15) is 14.9 Å². The summed E-state index contributed by atoms with van der Waals surface area (Å²) in [7, 11) is 0. The van der Waals surface area contributed by atoms with Gasteiger partial charge in [-0.1, -0.05) is 0 Å². The lowest BCUT2D eigenvalue weighted by atomic mass is 10.4. The fourth-order valence-electron chi connectivity index (χ4n) is 1.33. The third-order valence-electron chi connectivity index (χ3n) is 2.12. The molecule has 2 rings (SSSR count). The largest absolute Gasteiger partial charge is 0.476 e. The first kappa shape index (κ1) is 11.6. The molecule has 0 spiro atoms. The van der Waals surface area contributed by atoms with Crippen LogP contribution in [0.3, 0.4) is 0 Å². The summed E-state index contributed by atoms with van der Waals surface area (Å²) < 4.78 is 1.04. The number of aromatic carboxylic acids is 1. The van der Waals surface area contributed by atoms with Crippen molar-refractivity contribution in [3.05, 3.63) is 40.1 Å². The van der Waals surface area contributed by atoms with Crippen molar-refractivity contribution < 1.29 is 14.8 Å². The lowest BCUT2D eigenvalue weighted by Crippen LogP contribution is -2.04. The highest BCUT2D eigenvalue weighted by Gasteiger charge is 2.25. The van der Waals surface area contributed by atoms with E-state index in [1.807, 2.05) is 0 Å². The normalized spacial score (nSPS) is 10.3. The highest BCUT2D eigenvalue weighted by Crippen LogP contribution is 2.18. The molecule has 92 valence electrons. The summed E-state index contributed by atoms with van der Waals surface area (Å²) in [4.78, 5) is 28.4. The Morgan fingerprint density at radius 2 is 2.22 bits per heavy atom. The molecule has 0 aliphatic carbocycles. The molecule has 0 unspecified atom stereocenters. The third kappa shape index (κ3) is 2.00. The number of nitrogens with zero attached hydrogens (tertiary/aromatic N) is 5. The molecular formula is C9H7N5O4. The molecule has 9 heteroatoms. The van der Waals surface area contributed by atoms with Gasteiger partial charge in [-0.25, -0.2) is 19.4 Å². The van der Waals surface area contributed by atoms with Gasteiger partial charge in [-0.3, -0.25) is 10.1 Å². The molecule has 1 N–H and O–H groups in total. The predicted molar refractivity (Wildman–Crippen MR) is 57.5 cm³/mol. The van der Waals surface area contributed by atoms with Crippen molar-refractivity contribution in [1.29, 1.82) is 0 Å². The fraction of sp³-hybridized carbons (Fsp3) is 0.111. The maximum absolute atomic E-state index is 10.8. The lowest BCUT2D eigenvalue weighted by Gasteiger charge is -1.98. The van der Waals surface area contributed by atoms with Crippen LogP contribution in [-0.4, -0.2) is 35.7 Å². The molecule has 9 nitrogen and oxygen atoms in total. The van der Waals surface area contributed by atoms with Crippen LogP contribution in [0.5, 0.6) is 0 Å². The summed E-state index contributed by atoms with van der Waals surface area (Å²) in [5, 5.41) is 23.1. The highest BCUT2D eigenvalue weighted by molar-refractivity contribution is 5.89. The Labute approximate surface area is 99.9 Å². The number of hydrogen-bond acceptors (Lipinski definition) is 6. The number of carboxylic acids is 1. The van der Waals surface area contributed by atoms with Gasteiger partial charge in [-0.15, -0.1) is 0 Å². The average Bonchev–Trinajstić information content (AvgIpc) is 2.73. The number of hydrogen-bond donors (Lipinski definition) is 1. The van der Waals surface area contributed by atoms with Crippen LogP contribution in [-0.2, 0) is 0 Å². The van der Waals surface area contributed by atoms with Crippen molar-refractivity contribution in [2.45, 2.75) is 6.92 Å². The summed E-state index contributed by atoms with van der Waals surface area (Å²) in [5.41, 5.74) is -0.579. The van der Waals surface area contributed by atoms with Gasteiger partial charge >= 0.3 is 11.7 Å². The molecular weight excluding hydrogens is 242 g/mol. The second-order valence-electron chi connectivity index (χ2n) is 3.39. The Balaban J connectivity index is 2.57. The van der Waals surface area contributed by atoms with Gasteiger partial charge in [0.2, 0.25) is 5.69 Å². The minimum absolute atomic E-state index is 0.262. The molecule has 0 aromatic carbocycles. The highest BCUT2D eigenvalue weighted by atomic mass is 16.6. The van der Waals surface area contributed by atoms with Gasteiger partial charge in [0.15, 0.2) is 5.82 Å². The predicted octanol–water partition coefficient (Wildman–Crippen LogP) is 0.577. The quantitative estimate of drug-likeness (QED) is 0.622. The Hall–Kier alpha value is -2.84. The van der Waals surface area contributed by atoms with E-state index in [2.05, 4.69) is 15.1 Å². The monoisotopic (exact) mass is 249 g/mol. The first-order valence-corrected chi connectivity index (χ1v) is 4.75. The lowest BCUT2D eigenvalue weighted by molar-refractivity contribution is -0.385. The smallest absolute Gasteiger partial charge is 0.363 e. The first-order valence-electron chi connectivity index (χ1n) is 4.75. The van der Waals surface area contributed by atoms with Gasteiger partial charge in [0.25, 0.3) is 0 Å². The van der Waals surface area contributed by atoms with Gasteiger partial charge < -0.3 is 5.11 Å². The van der Waals surface area contributed by atoms with Crippen molar-refractivity contribution >= 4 is 11.7 Å². The van der Waals surface area contributed by atoms with Crippen LogP contribution in [0.4, 0.5) is 5.69 Å². The molecule has 0 saturated heterocycles. The molecule has 0 fully saturated rings. The molecule has 0 atom stereocenters. The first-order chi connectivity index (χ1) is 8.49. The Kier molecular flexibility index (Phi) is 2.72. The minimum Gasteiger partial charge on any atom is -0.476 e. The molecule has 0 amide bonds. The summed E-state index contributed by atoms with van der Waals surface area (Å²) >= 11 is 0. The molecule has 2 aromatic rings. The number of rotatable bonds is 3. The zero-order chi connectivity index (χ0) is 13.3. The standard InChI is InChI=1S/C9H7N5O4/c1-5-2-7(11-4-10-5)13-3-6(14(17)18)8(12-13)9(15)16/h2-4H,1H3,(H,15,16). The molecule has 2 heterocycles. The van der Waals surface area contributed by atoms with E-state index >= 15 is 0 Å². The summed E-state index contributed by atoms with van der Waals surface area (Å²) in [6.07, 6.45) is 2.27. The third-order valence-corrected chi connectivity index (χ3v) is 2.12. The molecule has 0 bridgehead atoms. The number of carboxylic acid groups (broad SMARTS) is 1. The van der Waals surface area contributed by atoms with Gasteiger partial charge in [0.05, 0.1) is 4.92 Å². The second-order valence-corrected chi connectivity index (χ2v) is 3.39. The van der Waals surface area contributed by atoms with Gasteiger partial charge in [-0.2, -0.15) is 5.10 Å². The van der Waals surface area contributed by atoms with E-state index < -0.39 is 22.3 Å². The SMILES string of the molecule is Cc1cc(-n2cc([N+](=O)[O-])c(C(=O)O)n2)ncn1. The van der Waals surface area contributed by atoms with Crippen LogP contribution in [0.15, 0.2) is 18.6 Å². The van der Waals surface area contributed by atoms with Crippen LogP contribution >= 0.6 is 0 Å². The van der Waals surface area contributed by atoms with Crippen LogP contribution in [0.2, 0.25) is 0 Å². The molecule has 0 saturated carbocycles. The van der Waals surface area contributed by atoms with Crippen LogP contribution < -0.4 is 0 Å². The number of nitro groups is 1. The molecule has 0 aliphatic heterocycles. The van der Waals surface area contributed by atoms with Crippen molar-refractivity contribution in [3.63, 3.8) is 0 Å². The van der Waals surface area contributed by atoms with Gasteiger partial charge in [0, 0.05) is 11.8 Å². The van der Waals surface area contributed by atoms with Crippen molar-refractivity contribution in [2.75, 3.05) is 0 Å².